The van der Waals surface area contributed by atoms with Crippen molar-refractivity contribution in [3.8, 4) is 0 Å². The molecule has 0 radical (unpaired) electrons. The lowest BCUT2D eigenvalue weighted by molar-refractivity contribution is 0.287. The molecule has 0 aromatic carbocycles. The Kier molecular flexibility index (Phi) is 2.08. The molecule has 3 fully saturated rings. The van der Waals surface area contributed by atoms with Gasteiger partial charge in [0.25, 0.3) is 0 Å². The molecule has 1 nitrogen and oxygen atoms in total. The van der Waals surface area contributed by atoms with Gasteiger partial charge in [0, 0.05) is 6.04 Å². The molecule has 3 aliphatic rings. The van der Waals surface area contributed by atoms with Crippen LogP contribution in [-0.2, 0) is 0 Å². The van der Waals surface area contributed by atoms with Crippen LogP contribution in [-0.4, -0.2) is 12.6 Å². The first kappa shape index (κ1) is 8.28. The second-order valence-electron chi connectivity index (χ2n) is 5.46. The Morgan fingerprint density at radius 3 is 2.69 bits per heavy atom. The van der Waals surface area contributed by atoms with Crippen LogP contribution in [0.5, 0.6) is 0 Å². The summed E-state index contributed by atoms with van der Waals surface area (Å²) in [4.78, 5) is 0. The van der Waals surface area contributed by atoms with Crippen molar-refractivity contribution in [1.29, 1.82) is 0 Å². The van der Waals surface area contributed by atoms with E-state index in [1.807, 2.05) is 0 Å². The van der Waals surface area contributed by atoms with Crippen molar-refractivity contribution in [3.63, 3.8) is 0 Å². The van der Waals surface area contributed by atoms with Gasteiger partial charge in [0.2, 0.25) is 0 Å². The Labute approximate surface area is 81.3 Å². The summed E-state index contributed by atoms with van der Waals surface area (Å²) in [5, 5.41) is 3.64. The molecule has 2 aliphatic carbocycles. The minimum Gasteiger partial charge on any atom is -0.314 e. The van der Waals surface area contributed by atoms with Gasteiger partial charge in [-0.3, -0.25) is 0 Å². The third kappa shape index (κ3) is 1.52. The van der Waals surface area contributed by atoms with Crippen LogP contribution < -0.4 is 5.32 Å². The molecular weight excluding hydrogens is 158 g/mol. The van der Waals surface area contributed by atoms with Crippen molar-refractivity contribution in [2.45, 2.75) is 51.0 Å². The van der Waals surface area contributed by atoms with Crippen molar-refractivity contribution in [2.75, 3.05) is 6.54 Å². The second kappa shape index (κ2) is 3.27. The van der Waals surface area contributed by atoms with E-state index < -0.39 is 0 Å². The van der Waals surface area contributed by atoms with Crippen molar-refractivity contribution in [2.24, 2.45) is 17.8 Å². The van der Waals surface area contributed by atoms with E-state index in [0.717, 1.165) is 23.8 Å². The summed E-state index contributed by atoms with van der Waals surface area (Å²) in [5.74, 6) is 3.37. The van der Waals surface area contributed by atoms with Crippen LogP contribution in [0.4, 0.5) is 0 Å². The Bertz CT molecular complexity index is 184. The summed E-state index contributed by atoms with van der Waals surface area (Å²) in [6.07, 6.45) is 10.6. The van der Waals surface area contributed by atoms with Crippen molar-refractivity contribution in [1.82, 2.24) is 5.32 Å². The number of hydrogen-bond donors (Lipinski definition) is 1. The Morgan fingerprint density at radius 2 is 2.08 bits per heavy atom. The van der Waals surface area contributed by atoms with E-state index in [1.165, 1.54) is 25.8 Å². The van der Waals surface area contributed by atoms with E-state index in [1.54, 1.807) is 25.7 Å². The minimum absolute atomic E-state index is 0.893. The Balaban J connectivity index is 1.55. The molecule has 0 spiro atoms. The van der Waals surface area contributed by atoms with Crippen molar-refractivity contribution in [3.05, 3.63) is 0 Å². The molecule has 13 heavy (non-hydrogen) atoms. The predicted molar refractivity (Wildman–Crippen MR) is 54.6 cm³/mol. The third-order valence-electron chi connectivity index (χ3n) is 4.63. The Morgan fingerprint density at radius 1 is 1.08 bits per heavy atom. The lowest BCUT2D eigenvalue weighted by atomic mass is 9.84. The van der Waals surface area contributed by atoms with Crippen LogP contribution in [0.25, 0.3) is 0 Å². The van der Waals surface area contributed by atoms with E-state index in [-0.39, 0.29) is 0 Å². The van der Waals surface area contributed by atoms with Crippen LogP contribution in [0.3, 0.4) is 0 Å². The van der Waals surface area contributed by atoms with Crippen LogP contribution in [0.1, 0.15) is 44.9 Å². The maximum absolute atomic E-state index is 3.64. The lowest BCUT2D eigenvalue weighted by Crippen LogP contribution is -2.26. The van der Waals surface area contributed by atoms with Gasteiger partial charge >= 0.3 is 0 Å². The maximum Gasteiger partial charge on any atom is 0.00702 e. The van der Waals surface area contributed by atoms with Gasteiger partial charge in [0.15, 0.2) is 0 Å². The highest BCUT2D eigenvalue weighted by Crippen LogP contribution is 2.50. The molecule has 4 atom stereocenters. The van der Waals surface area contributed by atoms with Crippen LogP contribution in [0.15, 0.2) is 0 Å². The van der Waals surface area contributed by atoms with Gasteiger partial charge in [-0.1, -0.05) is 6.42 Å². The molecule has 1 heteroatoms. The second-order valence-corrected chi connectivity index (χ2v) is 5.46. The Hall–Kier alpha value is -0.0400. The monoisotopic (exact) mass is 179 g/mol. The summed E-state index contributed by atoms with van der Waals surface area (Å²) >= 11 is 0. The van der Waals surface area contributed by atoms with E-state index in [9.17, 15) is 0 Å². The molecule has 3 rings (SSSR count). The normalized spacial score (nSPS) is 48.9. The lowest BCUT2D eigenvalue weighted by Gasteiger charge is -2.24. The van der Waals surface area contributed by atoms with Gasteiger partial charge in [0.1, 0.15) is 0 Å². The van der Waals surface area contributed by atoms with E-state index in [4.69, 9.17) is 0 Å². The van der Waals surface area contributed by atoms with Crippen LogP contribution in [0.2, 0.25) is 0 Å². The van der Waals surface area contributed by atoms with Gasteiger partial charge in [-0.2, -0.15) is 0 Å². The SMILES string of the molecule is C1CN[C@@H](C[C@H]2C[C@@H]3CC[C@@H]2C3)C1. The average Bonchev–Trinajstić information content (AvgIpc) is 2.77. The molecule has 2 bridgehead atoms. The quantitative estimate of drug-likeness (QED) is 0.687. The first-order chi connectivity index (χ1) is 6.42. The zero-order valence-electron chi connectivity index (χ0n) is 8.47. The molecule has 0 unspecified atom stereocenters. The largest absolute Gasteiger partial charge is 0.314 e. The molecule has 0 aromatic rings. The zero-order chi connectivity index (χ0) is 8.67. The number of rotatable bonds is 2. The first-order valence-electron chi connectivity index (χ1n) is 6.15. The average molecular weight is 179 g/mol. The fourth-order valence-electron chi connectivity index (χ4n) is 3.99. The molecule has 0 aromatic heterocycles. The molecule has 1 N–H and O–H groups in total. The first-order valence-corrected chi connectivity index (χ1v) is 6.15. The maximum atomic E-state index is 3.64. The topological polar surface area (TPSA) is 12.0 Å². The van der Waals surface area contributed by atoms with Gasteiger partial charge < -0.3 is 5.32 Å². The fourth-order valence-corrected chi connectivity index (χ4v) is 3.99. The van der Waals surface area contributed by atoms with E-state index in [0.29, 0.717) is 0 Å². The number of fused-ring (bicyclic) bond motifs is 2. The van der Waals surface area contributed by atoms with Gasteiger partial charge in [-0.05, 0) is 62.8 Å². The van der Waals surface area contributed by atoms with E-state index in [2.05, 4.69) is 5.32 Å². The summed E-state index contributed by atoms with van der Waals surface area (Å²) in [6, 6.07) is 0.893. The molecule has 0 amide bonds. The molecule has 1 aliphatic heterocycles. The minimum atomic E-state index is 0.893. The molecular formula is C12H21N. The van der Waals surface area contributed by atoms with Crippen LogP contribution >= 0.6 is 0 Å². The predicted octanol–water partition coefficient (Wildman–Crippen LogP) is 2.56. The number of hydrogen-bond acceptors (Lipinski definition) is 1. The summed E-state index contributed by atoms with van der Waals surface area (Å²) in [5.41, 5.74) is 0. The van der Waals surface area contributed by atoms with Gasteiger partial charge in [-0.15, -0.1) is 0 Å². The zero-order valence-corrected chi connectivity index (χ0v) is 8.47. The highest BCUT2D eigenvalue weighted by Gasteiger charge is 2.40. The third-order valence-corrected chi connectivity index (χ3v) is 4.63. The highest BCUT2D eigenvalue weighted by molar-refractivity contribution is 4.92. The van der Waals surface area contributed by atoms with Gasteiger partial charge in [0.05, 0.1) is 0 Å². The van der Waals surface area contributed by atoms with Crippen molar-refractivity contribution >= 4 is 0 Å². The summed E-state index contributed by atoms with van der Waals surface area (Å²) in [7, 11) is 0. The molecule has 74 valence electrons. The molecule has 2 saturated carbocycles. The smallest absolute Gasteiger partial charge is 0.00702 e. The molecule has 1 heterocycles. The summed E-state index contributed by atoms with van der Waals surface area (Å²) < 4.78 is 0. The van der Waals surface area contributed by atoms with Gasteiger partial charge in [-0.25, -0.2) is 0 Å². The molecule has 1 saturated heterocycles. The standard InChI is InChI=1S/C12H21N/c1-2-12(13-5-1)8-11-7-9-3-4-10(11)6-9/h9-13H,1-8H2/t9-,10-,11-,12-/m1/s1. The fraction of sp³-hybridized carbons (Fsp3) is 1.00. The van der Waals surface area contributed by atoms with Crippen LogP contribution in [0, 0.1) is 17.8 Å². The summed E-state index contributed by atoms with van der Waals surface area (Å²) in [6.45, 7) is 1.28. The highest BCUT2D eigenvalue weighted by atomic mass is 14.9. The van der Waals surface area contributed by atoms with E-state index >= 15 is 0 Å². The number of nitrogens with one attached hydrogen (secondary N) is 1. The van der Waals surface area contributed by atoms with Crippen molar-refractivity contribution < 1.29 is 0 Å².